The number of Topliss-reactive ketones (excluding diaryl/α,β-unsaturated/α-hetero) is 1. The first kappa shape index (κ1) is 27.0. The molecule has 38 heavy (non-hydrogen) atoms. The van der Waals surface area contributed by atoms with Crippen LogP contribution >= 0.6 is 11.3 Å². The Hall–Kier alpha value is -2.56. The van der Waals surface area contributed by atoms with Crippen LogP contribution in [0.15, 0.2) is 24.3 Å². The van der Waals surface area contributed by atoms with Gasteiger partial charge in [-0.25, -0.2) is 0 Å². The van der Waals surface area contributed by atoms with E-state index >= 15 is 0 Å². The van der Waals surface area contributed by atoms with Crippen molar-refractivity contribution in [1.82, 2.24) is 15.1 Å². The van der Waals surface area contributed by atoms with Gasteiger partial charge in [-0.3, -0.25) is 4.79 Å². The van der Waals surface area contributed by atoms with Gasteiger partial charge >= 0.3 is 6.18 Å². The van der Waals surface area contributed by atoms with E-state index in [1.807, 2.05) is 13.0 Å². The zero-order chi connectivity index (χ0) is 27.2. The first-order valence-electron chi connectivity index (χ1n) is 13.0. The summed E-state index contributed by atoms with van der Waals surface area (Å²) in [5.74, 6) is 1.21. The summed E-state index contributed by atoms with van der Waals surface area (Å²) in [5.41, 5.74) is 0.363. The highest BCUT2D eigenvalue weighted by Gasteiger charge is 2.39. The number of carbonyl (C=O) groups is 1. The van der Waals surface area contributed by atoms with Gasteiger partial charge in [-0.15, -0.1) is 16.4 Å². The lowest BCUT2D eigenvalue weighted by atomic mass is 9.76. The molecule has 6 nitrogen and oxygen atoms in total. The molecule has 2 saturated heterocycles. The minimum atomic E-state index is -4.42. The van der Waals surface area contributed by atoms with Gasteiger partial charge in [0.25, 0.3) is 0 Å². The van der Waals surface area contributed by atoms with Crippen molar-refractivity contribution in [1.29, 1.82) is 0 Å². The molecule has 2 aliphatic rings. The smallest absolute Gasteiger partial charge is 0.381 e. The van der Waals surface area contributed by atoms with E-state index in [4.69, 9.17) is 4.74 Å². The number of piperidine rings is 1. The predicted octanol–water partition coefficient (Wildman–Crippen LogP) is 6.43. The summed E-state index contributed by atoms with van der Waals surface area (Å²) < 4.78 is 46.5. The summed E-state index contributed by atoms with van der Waals surface area (Å²) in [4.78, 5) is 16.8. The number of thiophene rings is 1. The third-order valence-corrected chi connectivity index (χ3v) is 9.31. The number of benzene rings is 1. The maximum atomic E-state index is 13.7. The Morgan fingerprint density at radius 1 is 1.24 bits per heavy atom. The molecule has 3 aromatic rings. The number of nitrogens with zero attached hydrogens (tertiary/aromatic N) is 3. The van der Waals surface area contributed by atoms with E-state index in [1.165, 1.54) is 24.3 Å². The Balaban J connectivity index is 1.37. The molecule has 0 bridgehead atoms. The number of ketones is 1. The number of fused-ring (bicyclic) bond motifs is 1. The minimum absolute atomic E-state index is 0.137. The van der Waals surface area contributed by atoms with Crippen LogP contribution in [0.1, 0.15) is 64.8 Å². The van der Waals surface area contributed by atoms with Gasteiger partial charge in [0.05, 0.1) is 40.1 Å². The summed E-state index contributed by atoms with van der Waals surface area (Å²) in [6, 6.07) is 5.64. The molecule has 0 saturated carbocycles. The van der Waals surface area contributed by atoms with Crippen LogP contribution in [0.5, 0.6) is 0 Å². The van der Waals surface area contributed by atoms with Gasteiger partial charge in [-0.1, -0.05) is 19.1 Å². The number of likely N-dealkylation sites (tertiary alicyclic amines) is 1. The molecule has 1 aromatic carbocycles. The summed E-state index contributed by atoms with van der Waals surface area (Å²) in [7, 11) is 0. The molecular formula is C28H33F3N4O2S. The van der Waals surface area contributed by atoms with Crippen molar-refractivity contribution in [2.24, 2.45) is 11.3 Å². The number of aromatic nitrogens is 2. The van der Waals surface area contributed by atoms with Gasteiger partial charge in [0.1, 0.15) is 0 Å². The first-order valence-corrected chi connectivity index (χ1v) is 13.8. The number of carbonyl (C=O) groups excluding carboxylic acids is 1. The number of nitrogens with one attached hydrogen (secondary N) is 1. The maximum absolute atomic E-state index is 13.7. The van der Waals surface area contributed by atoms with Gasteiger partial charge in [-0.2, -0.15) is 18.3 Å². The van der Waals surface area contributed by atoms with Gasteiger partial charge in [0, 0.05) is 23.3 Å². The molecule has 2 fully saturated rings. The standard InChI is InChI=1S/C28H33F3N4O2S/c1-16-20(6-5-7-22(16)28(29,30)31)17(2)32-26-21-12-23(38-24(21)18(3)33-34-26)25(36)27(4)8-10-35(11-9-27)13-19-14-37-15-19/h5-7,12,17,19H,8-11,13-15H2,1-4H3,(H,32,34)/t17-/m1/s1. The van der Waals surface area contributed by atoms with Crippen LogP contribution in [0, 0.1) is 25.2 Å². The number of ether oxygens (including phenoxy) is 1. The predicted molar refractivity (Wildman–Crippen MR) is 143 cm³/mol. The highest BCUT2D eigenvalue weighted by atomic mass is 32.1. The third kappa shape index (κ3) is 5.18. The van der Waals surface area contributed by atoms with Crippen LogP contribution in [-0.4, -0.2) is 53.7 Å². The maximum Gasteiger partial charge on any atom is 0.416 e. The molecule has 4 heterocycles. The van der Waals surface area contributed by atoms with Crippen LogP contribution < -0.4 is 5.32 Å². The molecule has 1 atom stereocenters. The van der Waals surface area contributed by atoms with Crippen LogP contribution in [0.2, 0.25) is 0 Å². The van der Waals surface area contributed by atoms with E-state index in [2.05, 4.69) is 27.3 Å². The second kappa shape index (κ2) is 10.2. The molecule has 204 valence electrons. The topological polar surface area (TPSA) is 67.4 Å². The Bertz CT molecular complexity index is 1340. The lowest BCUT2D eigenvalue weighted by Gasteiger charge is -2.40. The van der Waals surface area contributed by atoms with Crippen molar-refractivity contribution in [2.45, 2.75) is 52.8 Å². The second-order valence-electron chi connectivity index (χ2n) is 11.0. The largest absolute Gasteiger partial charge is 0.416 e. The summed E-state index contributed by atoms with van der Waals surface area (Å²) in [6.45, 7) is 11.7. The van der Waals surface area contributed by atoms with Gasteiger partial charge in [0.15, 0.2) is 11.6 Å². The highest BCUT2D eigenvalue weighted by molar-refractivity contribution is 7.21. The quantitative estimate of drug-likeness (QED) is 0.345. The van der Waals surface area contributed by atoms with Gasteiger partial charge in [-0.05, 0) is 70.0 Å². The molecule has 0 aliphatic carbocycles. The number of aryl methyl sites for hydroxylation is 1. The second-order valence-corrected chi connectivity index (χ2v) is 12.0. The first-order chi connectivity index (χ1) is 18.0. The van der Waals surface area contributed by atoms with Crippen molar-refractivity contribution < 1.29 is 22.7 Å². The van der Waals surface area contributed by atoms with E-state index in [9.17, 15) is 18.0 Å². The highest BCUT2D eigenvalue weighted by Crippen LogP contribution is 2.41. The fourth-order valence-corrected chi connectivity index (χ4v) is 6.69. The van der Waals surface area contributed by atoms with Gasteiger partial charge < -0.3 is 15.0 Å². The average Bonchev–Trinajstić information content (AvgIpc) is 3.30. The number of rotatable bonds is 7. The summed E-state index contributed by atoms with van der Waals surface area (Å²) >= 11 is 1.42. The lowest BCUT2D eigenvalue weighted by Crippen LogP contribution is -2.47. The average molecular weight is 547 g/mol. The SMILES string of the molecule is Cc1c([C@@H](C)Nc2nnc(C)c3sc(C(=O)C4(C)CCN(CC5COC5)CC4)cc23)cccc1C(F)(F)F. The summed E-state index contributed by atoms with van der Waals surface area (Å²) in [5, 5.41) is 12.6. The van der Waals surface area contributed by atoms with E-state index in [0.717, 1.165) is 67.5 Å². The Labute approximate surface area is 224 Å². The zero-order valence-corrected chi connectivity index (χ0v) is 22.9. The number of hydrogen-bond donors (Lipinski definition) is 1. The van der Waals surface area contributed by atoms with Crippen molar-refractivity contribution in [2.75, 3.05) is 38.2 Å². The molecule has 2 aromatic heterocycles. The van der Waals surface area contributed by atoms with E-state index < -0.39 is 23.2 Å². The van der Waals surface area contributed by atoms with Crippen LogP contribution in [-0.2, 0) is 10.9 Å². The van der Waals surface area contributed by atoms with Crippen molar-refractivity contribution in [3.05, 3.63) is 51.5 Å². The third-order valence-electron chi connectivity index (χ3n) is 8.07. The molecule has 0 unspecified atom stereocenters. The Kier molecular flexibility index (Phi) is 7.26. The van der Waals surface area contributed by atoms with Crippen LogP contribution in [0.3, 0.4) is 0 Å². The molecule has 2 aliphatic heterocycles. The number of alkyl halides is 3. The van der Waals surface area contributed by atoms with Crippen LogP contribution in [0.4, 0.5) is 19.0 Å². The molecular weight excluding hydrogens is 513 g/mol. The van der Waals surface area contributed by atoms with E-state index in [0.29, 0.717) is 22.2 Å². The Morgan fingerprint density at radius 2 is 1.95 bits per heavy atom. The monoisotopic (exact) mass is 546 g/mol. The fourth-order valence-electron chi connectivity index (χ4n) is 5.50. The van der Waals surface area contributed by atoms with Gasteiger partial charge in [0.2, 0.25) is 0 Å². The van der Waals surface area contributed by atoms with E-state index in [-0.39, 0.29) is 11.3 Å². The lowest BCUT2D eigenvalue weighted by molar-refractivity contribution is -0.138. The van der Waals surface area contributed by atoms with Crippen LogP contribution in [0.25, 0.3) is 10.1 Å². The molecule has 0 spiro atoms. The molecule has 1 N–H and O–H groups in total. The number of anilines is 1. The normalized spacial score (nSPS) is 19.3. The number of halogens is 3. The molecule has 0 radical (unpaired) electrons. The van der Waals surface area contributed by atoms with Crippen molar-refractivity contribution >= 4 is 33.0 Å². The van der Waals surface area contributed by atoms with Crippen molar-refractivity contribution in [3.8, 4) is 0 Å². The molecule has 0 amide bonds. The molecule has 10 heteroatoms. The van der Waals surface area contributed by atoms with E-state index in [1.54, 1.807) is 13.0 Å². The number of hydrogen-bond acceptors (Lipinski definition) is 7. The summed E-state index contributed by atoms with van der Waals surface area (Å²) in [6.07, 6.45) is -2.81. The minimum Gasteiger partial charge on any atom is -0.381 e. The van der Waals surface area contributed by atoms with Crippen molar-refractivity contribution in [3.63, 3.8) is 0 Å². The fraction of sp³-hybridized carbons (Fsp3) is 0.536. The zero-order valence-electron chi connectivity index (χ0n) is 22.1. The molecule has 5 rings (SSSR count). The Morgan fingerprint density at radius 3 is 2.58 bits per heavy atom.